The van der Waals surface area contributed by atoms with E-state index in [0.29, 0.717) is 12.2 Å². The molecule has 2 N–H and O–H groups in total. The fourth-order valence-electron chi connectivity index (χ4n) is 1.62. The maximum Gasteiger partial charge on any atom is 0.266 e. The van der Waals surface area contributed by atoms with Crippen molar-refractivity contribution >= 4 is 21.5 Å². The molecule has 2 heterocycles. The van der Waals surface area contributed by atoms with E-state index < -0.39 is 10.0 Å². The Balaban J connectivity index is 2.30. The van der Waals surface area contributed by atoms with Crippen molar-refractivity contribution in [1.29, 1.82) is 0 Å². The van der Waals surface area contributed by atoms with Gasteiger partial charge in [-0.3, -0.25) is 9.71 Å². The molecular weight excluding hydrogens is 276 g/mol. The Morgan fingerprint density at radius 2 is 2.05 bits per heavy atom. The van der Waals surface area contributed by atoms with Gasteiger partial charge in [-0.25, -0.2) is 13.4 Å². The quantitative estimate of drug-likeness (QED) is 0.851. The van der Waals surface area contributed by atoms with E-state index in [-0.39, 0.29) is 10.7 Å². The summed E-state index contributed by atoms with van der Waals surface area (Å²) in [4.78, 5) is 7.94. The van der Waals surface area contributed by atoms with Gasteiger partial charge in [-0.2, -0.15) is 0 Å². The van der Waals surface area contributed by atoms with Crippen molar-refractivity contribution in [2.45, 2.75) is 18.2 Å². The van der Waals surface area contributed by atoms with Crippen molar-refractivity contribution < 1.29 is 8.42 Å². The summed E-state index contributed by atoms with van der Waals surface area (Å²) in [6.45, 7) is 2.70. The van der Waals surface area contributed by atoms with E-state index >= 15 is 0 Å². The van der Waals surface area contributed by atoms with Crippen LogP contribution in [0.2, 0.25) is 0 Å². The molecule has 2 aromatic heterocycles. The normalized spacial score (nSPS) is 11.1. The van der Waals surface area contributed by atoms with Crippen molar-refractivity contribution in [1.82, 2.24) is 9.97 Å². The van der Waals surface area contributed by atoms with Crippen LogP contribution < -0.4 is 10.0 Å². The lowest BCUT2D eigenvalue weighted by Gasteiger charge is -2.12. The molecule has 0 radical (unpaired) electrons. The van der Waals surface area contributed by atoms with Crippen molar-refractivity contribution in [3.8, 4) is 0 Å². The second kappa shape index (κ2) is 6.33. The van der Waals surface area contributed by atoms with Gasteiger partial charge in [0, 0.05) is 25.1 Å². The number of pyridine rings is 2. The van der Waals surface area contributed by atoms with E-state index in [2.05, 4.69) is 20.0 Å². The number of sulfonamides is 1. The van der Waals surface area contributed by atoms with E-state index in [1.807, 2.05) is 6.92 Å². The fourth-order valence-corrected chi connectivity index (χ4v) is 2.75. The van der Waals surface area contributed by atoms with Crippen molar-refractivity contribution in [3.05, 3.63) is 42.9 Å². The van der Waals surface area contributed by atoms with Gasteiger partial charge in [0.2, 0.25) is 0 Å². The lowest BCUT2D eigenvalue weighted by molar-refractivity contribution is 0.601. The monoisotopic (exact) mass is 292 g/mol. The van der Waals surface area contributed by atoms with Crippen LogP contribution in [0.3, 0.4) is 0 Å². The number of rotatable bonds is 6. The van der Waals surface area contributed by atoms with Crippen molar-refractivity contribution in [2.75, 3.05) is 16.6 Å². The third-order valence-corrected chi connectivity index (χ3v) is 3.93. The van der Waals surface area contributed by atoms with Crippen LogP contribution in [0.15, 0.2) is 47.8 Å². The molecule has 106 valence electrons. The topological polar surface area (TPSA) is 84.0 Å². The largest absolute Gasteiger partial charge is 0.384 e. The van der Waals surface area contributed by atoms with Gasteiger partial charge < -0.3 is 5.32 Å². The number of nitrogens with one attached hydrogen (secondary N) is 2. The van der Waals surface area contributed by atoms with E-state index in [1.165, 1.54) is 12.4 Å². The summed E-state index contributed by atoms with van der Waals surface area (Å²) in [7, 11) is -3.71. The minimum Gasteiger partial charge on any atom is -0.384 e. The lowest BCUT2D eigenvalue weighted by atomic mass is 10.4. The molecule has 0 fully saturated rings. The molecule has 2 aromatic rings. The first-order valence-corrected chi connectivity index (χ1v) is 7.73. The predicted molar refractivity (Wildman–Crippen MR) is 78.1 cm³/mol. The second-order valence-corrected chi connectivity index (χ2v) is 5.77. The molecule has 0 aliphatic heterocycles. The Labute approximate surface area is 118 Å². The first-order valence-electron chi connectivity index (χ1n) is 6.25. The molecule has 7 heteroatoms. The summed E-state index contributed by atoms with van der Waals surface area (Å²) < 4.78 is 27.1. The lowest BCUT2D eigenvalue weighted by Crippen LogP contribution is -2.16. The molecule has 0 amide bonds. The van der Waals surface area contributed by atoms with Crippen molar-refractivity contribution in [2.24, 2.45) is 0 Å². The zero-order valence-electron chi connectivity index (χ0n) is 11.1. The molecule has 0 unspecified atom stereocenters. The summed E-state index contributed by atoms with van der Waals surface area (Å²) in [5.74, 6) is 0.276. The summed E-state index contributed by atoms with van der Waals surface area (Å²) in [5, 5.41) is 3.08. The van der Waals surface area contributed by atoms with Crippen LogP contribution >= 0.6 is 0 Å². The first-order chi connectivity index (χ1) is 9.63. The van der Waals surface area contributed by atoms with Crippen LogP contribution in [0.1, 0.15) is 13.3 Å². The minimum atomic E-state index is -3.71. The molecule has 6 nitrogen and oxygen atoms in total. The van der Waals surface area contributed by atoms with Crippen LogP contribution in [0.4, 0.5) is 11.5 Å². The molecular formula is C13H16N4O2S. The smallest absolute Gasteiger partial charge is 0.266 e. The fraction of sp³-hybridized carbons (Fsp3) is 0.231. The molecule has 0 atom stereocenters. The van der Waals surface area contributed by atoms with Crippen LogP contribution in [0, 0.1) is 0 Å². The van der Waals surface area contributed by atoms with Gasteiger partial charge >= 0.3 is 0 Å². The standard InChI is InChI=1S/C13H16N4O2S/c1-2-7-15-11-6-9-14-10-12(11)20(18,19)17-13-5-3-4-8-16-13/h3-6,8-10H,2,7H2,1H3,(H,14,15)(H,16,17). The Morgan fingerprint density at radius 1 is 1.20 bits per heavy atom. The first kappa shape index (κ1) is 14.3. The average Bonchev–Trinajstić information content (AvgIpc) is 2.46. The van der Waals surface area contributed by atoms with Crippen LogP contribution in [0.5, 0.6) is 0 Å². The van der Waals surface area contributed by atoms with Crippen LogP contribution in [0.25, 0.3) is 0 Å². The van der Waals surface area contributed by atoms with Gasteiger partial charge in [0.05, 0.1) is 5.69 Å². The van der Waals surface area contributed by atoms with Gasteiger partial charge in [0.15, 0.2) is 0 Å². The number of aromatic nitrogens is 2. The Morgan fingerprint density at radius 3 is 2.75 bits per heavy atom. The van der Waals surface area contributed by atoms with E-state index in [0.717, 1.165) is 6.42 Å². The highest BCUT2D eigenvalue weighted by Crippen LogP contribution is 2.21. The third-order valence-electron chi connectivity index (χ3n) is 2.54. The highest BCUT2D eigenvalue weighted by Gasteiger charge is 2.19. The Bertz CT molecular complexity index is 659. The van der Waals surface area contributed by atoms with E-state index in [4.69, 9.17) is 0 Å². The molecule has 2 rings (SSSR count). The predicted octanol–water partition coefficient (Wildman–Crippen LogP) is 2.10. The summed E-state index contributed by atoms with van der Waals surface area (Å²) in [6, 6.07) is 6.66. The van der Waals surface area contributed by atoms with Gasteiger partial charge in [-0.05, 0) is 24.6 Å². The van der Waals surface area contributed by atoms with Gasteiger partial charge in [-0.1, -0.05) is 13.0 Å². The molecule has 20 heavy (non-hydrogen) atoms. The molecule has 0 saturated carbocycles. The van der Waals surface area contributed by atoms with E-state index in [1.54, 1.807) is 30.5 Å². The molecule has 0 aliphatic carbocycles. The number of hydrogen-bond donors (Lipinski definition) is 2. The molecule has 0 aromatic carbocycles. The third kappa shape index (κ3) is 3.45. The zero-order chi connectivity index (χ0) is 14.4. The SMILES string of the molecule is CCCNc1ccncc1S(=O)(=O)Nc1ccccn1. The van der Waals surface area contributed by atoms with Crippen molar-refractivity contribution in [3.63, 3.8) is 0 Å². The zero-order valence-corrected chi connectivity index (χ0v) is 11.9. The number of hydrogen-bond acceptors (Lipinski definition) is 5. The molecule has 0 bridgehead atoms. The molecule has 0 aliphatic rings. The highest BCUT2D eigenvalue weighted by atomic mass is 32.2. The van der Waals surface area contributed by atoms with Gasteiger partial charge in [-0.15, -0.1) is 0 Å². The second-order valence-electron chi connectivity index (χ2n) is 4.12. The highest BCUT2D eigenvalue weighted by molar-refractivity contribution is 7.92. The number of anilines is 2. The molecule has 0 spiro atoms. The van der Waals surface area contributed by atoms with E-state index in [9.17, 15) is 8.42 Å². The molecule has 0 saturated heterocycles. The maximum atomic E-state index is 12.4. The number of nitrogens with zero attached hydrogens (tertiary/aromatic N) is 2. The summed E-state index contributed by atoms with van der Waals surface area (Å²) in [5.41, 5.74) is 0.533. The summed E-state index contributed by atoms with van der Waals surface area (Å²) >= 11 is 0. The Kier molecular flexibility index (Phi) is 4.52. The summed E-state index contributed by atoms with van der Waals surface area (Å²) in [6.07, 6.45) is 5.30. The van der Waals surface area contributed by atoms with Crippen LogP contribution in [-0.4, -0.2) is 24.9 Å². The van der Waals surface area contributed by atoms with Gasteiger partial charge in [0.25, 0.3) is 10.0 Å². The van der Waals surface area contributed by atoms with Crippen LogP contribution in [-0.2, 0) is 10.0 Å². The minimum absolute atomic E-state index is 0.110. The Hall–Kier alpha value is -2.15. The average molecular weight is 292 g/mol. The van der Waals surface area contributed by atoms with Gasteiger partial charge in [0.1, 0.15) is 10.7 Å². The maximum absolute atomic E-state index is 12.4.